The van der Waals surface area contributed by atoms with E-state index in [9.17, 15) is 4.79 Å². The Balaban J connectivity index is 1.48. The number of aromatic nitrogens is 1. The maximum atomic E-state index is 11.9. The first-order chi connectivity index (χ1) is 10.8. The molecule has 3 heterocycles. The summed E-state index contributed by atoms with van der Waals surface area (Å²) in [5.41, 5.74) is 7.73. The molecule has 3 rings (SSSR count). The number of nitrogens with one attached hydrogen (secondary N) is 3. The van der Waals surface area contributed by atoms with Crippen LogP contribution in [0.25, 0.3) is 0 Å². The Hall–Kier alpha value is -1.50. The lowest BCUT2D eigenvalue weighted by molar-refractivity contribution is -0.123. The van der Waals surface area contributed by atoms with E-state index in [0.29, 0.717) is 12.0 Å². The van der Waals surface area contributed by atoms with Gasteiger partial charge in [0.15, 0.2) is 0 Å². The summed E-state index contributed by atoms with van der Waals surface area (Å²) in [6.45, 7) is 3.16. The van der Waals surface area contributed by atoms with Crippen molar-refractivity contribution >= 4 is 5.91 Å². The van der Waals surface area contributed by atoms with Gasteiger partial charge in [0.25, 0.3) is 0 Å². The standard InChI is InChI=1S/C16H25N5O/c1-17-16(22)15-13-11-21(9-6-14(13)19-20-15)8-3-5-12-4-2-7-18-10-12/h2,4,7,10,13-15,19-20H,3,5-6,8-9,11H2,1H3,(H,17,22). The highest BCUT2D eigenvalue weighted by molar-refractivity contribution is 5.82. The largest absolute Gasteiger partial charge is 0.358 e. The summed E-state index contributed by atoms with van der Waals surface area (Å²) >= 11 is 0. The number of piperidine rings is 1. The molecule has 1 aromatic heterocycles. The molecule has 3 atom stereocenters. The average molecular weight is 303 g/mol. The van der Waals surface area contributed by atoms with E-state index in [4.69, 9.17) is 0 Å². The average Bonchev–Trinajstić information content (AvgIpc) is 2.98. The molecule has 2 saturated heterocycles. The Morgan fingerprint density at radius 2 is 2.41 bits per heavy atom. The Kier molecular flexibility index (Phi) is 5.02. The van der Waals surface area contributed by atoms with Crippen LogP contribution in [0, 0.1) is 5.92 Å². The molecule has 0 aliphatic carbocycles. The zero-order valence-electron chi connectivity index (χ0n) is 13.1. The molecule has 0 saturated carbocycles. The minimum atomic E-state index is -0.115. The number of aryl methyl sites for hydroxylation is 1. The van der Waals surface area contributed by atoms with Gasteiger partial charge in [0.2, 0.25) is 5.91 Å². The van der Waals surface area contributed by atoms with Crippen LogP contribution >= 0.6 is 0 Å². The molecule has 1 amide bonds. The molecule has 0 bridgehead atoms. The van der Waals surface area contributed by atoms with Crippen LogP contribution in [0.4, 0.5) is 0 Å². The van der Waals surface area contributed by atoms with E-state index in [1.165, 1.54) is 5.56 Å². The third-order valence-electron chi connectivity index (χ3n) is 4.79. The van der Waals surface area contributed by atoms with Crippen LogP contribution in [0.15, 0.2) is 24.5 Å². The number of rotatable bonds is 5. The quantitative estimate of drug-likeness (QED) is 0.710. The fraction of sp³-hybridized carbons (Fsp3) is 0.625. The molecule has 6 nitrogen and oxygen atoms in total. The van der Waals surface area contributed by atoms with Crippen molar-refractivity contribution in [3.05, 3.63) is 30.1 Å². The number of fused-ring (bicyclic) bond motifs is 1. The van der Waals surface area contributed by atoms with E-state index in [-0.39, 0.29) is 11.9 Å². The molecule has 0 aromatic carbocycles. The number of hydrogen-bond donors (Lipinski definition) is 3. The Morgan fingerprint density at radius 1 is 1.50 bits per heavy atom. The summed E-state index contributed by atoms with van der Waals surface area (Å²) < 4.78 is 0. The second-order valence-electron chi connectivity index (χ2n) is 6.21. The summed E-state index contributed by atoms with van der Waals surface area (Å²) in [5, 5.41) is 2.75. The van der Waals surface area contributed by atoms with Crippen LogP contribution < -0.4 is 16.2 Å². The van der Waals surface area contributed by atoms with E-state index in [1.807, 2.05) is 18.5 Å². The topological polar surface area (TPSA) is 69.3 Å². The van der Waals surface area contributed by atoms with Gasteiger partial charge < -0.3 is 10.2 Å². The van der Waals surface area contributed by atoms with Gasteiger partial charge >= 0.3 is 0 Å². The van der Waals surface area contributed by atoms with Crippen LogP contribution in [0.2, 0.25) is 0 Å². The Bertz CT molecular complexity index is 495. The highest BCUT2D eigenvalue weighted by atomic mass is 16.2. The van der Waals surface area contributed by atoms with Gasteiger partial charge in [-0.25, -0.2) is 5.43 Å². The van der Waals surface area contributed by atoms with Gasteiger partial charge in [0, 0.05) is 37.9 Å². The smallest absolute Gasteiger partial charge is 0.238 e. The maximum Gasteiger partial charge on any atom is 0.238 e. The van der Waals surface area contributed by atoms with Gasteiger partial charge in [0.1, 0.15) is 6.04 Å². The third-order valence-corrected chi connectivity index (χ3v) is 4.79. The first kappa shape index (κ1) is 15.4. The molecule has 3 unspecified atom stereocenters. The van der Waals surface area contributed by atoms with Crippen LogP contribution in [-0.2, 0) is 11.2 Å². The molecule has 0 radical (unpaired) electrons. The van der Waals surface area contributed by atoms with E-state index >= 15 is 0 Å². The summed E-state index contributed by atoms with van der Waals surface area (Å²) in [6, 6.07) is 4.42. The number of hydrazine groups is 1. The first-order valence-corrected chi connectivity index (χ1v) is 8.12. The maximum absolute atomic E-state index is 11.9. The molecule has 2 aliphatic heterocycles. The lowest BCUT2D eigenvalue weighted by Crippen LogP contribution is -2.50. The van der Waals surface area contributed by atoms with Gasteiger partial charge in [-0.1, -0.05) is 6.07 Å². The molecular formula is C16H25N5O. The van der Waals surface area contributed by atoms with Gasteiger partial charge in [-0.3, -0.25) is 15.2 Å². The number of likely N-dealkylation sites (tertiary alicyclic amines) is 1. The summed E-state index contributed by atoms with van der Waals surface area (Å²) in [6.07, 6.45) is 7.05. The van der Waals surface area contributed by atoms with Gasteiger partial charge in [0.05, 0.1) is 0 Å². The predicted octanol–water partition coefficient (Wildman–Crippen LogP) is -0.0729. The van der Waals surface area contributed by atoms with E-state index in [2.05, 4.69) is 32.1 Å². The van der Waals surface area contributed by atoms with Crippen LogP contribution in [0.1, 0.15) is 18.4 Å². The Morgan fingerprint density at radius 3 is 3.18 bits per heavy atom. The van der Waals surface area contributed by atoms with E-state index in [0.717, 1.165) is 38.9 Å². The zero-order valence-corrected chi connectivity index (χ0v) is 13.1. The van der Waals surface area contributed by atoms with Crippen LogP contribution in [0.5, 0.6) is 0 Å². The second-order valence-corrected chi connectivity index (χ2v) is 6.21. The van der Waals surface area contributed by atoms with Gasteiger partial charge in [-0.15, -0.1) is 0 Å². The number of carbonyl (C=O) groups is 1. The lowest BCUT2D eigenvalue weighted by atomic mass is 9.88. The van der Waals surface area contributed by atoms with Crippen LogP contribution in [0.3, 0.4) is 0 Å². The molecule has 3 N–H and O–H groups in total. The highest BCUT2D eigenvalue weighted by Crippen LogP contribution is 2.24. The van der Waals surface area contributed by atoms with E-state index in [1.54, 1.807) is 7.05 Å². The van der Waals surface area contributed by atoms with Gasteiger partial charge in [-0.05, 0) is 44.0 Å². The van der Waals surface area contributed by atoms with Crippen molar-refractivity contribution in [2.75, 3.05) is 26.7 Å². The van der Waals surface area contributed by atoms with Crippen molar-refractivity contribution in [3.8, 4) is 0 Å². The minimum Gasteiger partial charge on any atom is -0.358 e. The number of nitrogens with zero attached hydrogens (tertiary/aromatic N) is 2. The molecule has 2 aliphatic rings. The van der Waals surface area contributed by atoms with Crippen molar-refractivity contribution in [1.29, 1.82) is 0 Å². The second kappa shape index (κ2) is 7.17. The van der Waals surface area contributed by atoms with Crippen molar-refractivity contribution in [2.45, 2.75) is 31.3 Å². The van der Waals surface area contributed by atoms with Crippen LogP contribution in [-0.4, -0.2) is 54.6 Å². The van der Waals surface area contributed by atoms with Crippen molar-refractivity contribution in [1.82, 2.24) is 26.1 Å². The SMILES string of the molecule is CNC(=O)C1NNC2CCN(CCCc3cccnc3)CC21. The Labute approximate surface area is 131 Å². The zero-order chi connectivity index (χ0) is 15.4. The number of likely N-dealkylation sites (N-methyl/N-ethyl adjacent to an activating group) is 1. The molecule has 22 heavy (non-hydrogen) atoms. The minimum absolute atomic E-state index is 0.0807. The number of hydrogen-bond acceptors (Lipinski definition) is 5. The summed E-state index contributed by atoms with van der Waals surface area (Å²) in [5.74, 6) is 0.435. The molecule has 6 heteroatoms. The summed E-state index contributed by atoms with van der Waals surface area (Å²) in [4.78, 5) is 18.6. The van der Waals surface area contributed by atoms with Crippen molar-refractivity contribution in [2.24, 2.45) is 5.92 Å². The van der Waals surface area contributed by atoms with Gasteiger partial charge in [-0.2, -0.15) is 0 Å². The number of carbonyl (C=O) groups excluding carboxylic acids is 1. The highest BCUT2D eigenvalue weighted by Gasteiger charge is 2.42. The molecule has 0 spiro atoms. The third kappa shape index (κ3) is 3.45. The lowest BCUT2D eigenvalue weighted by Gasteiger charge is -2.35. The monoisotopic (exact) mass is 303 g/mol. The fourth-order valence-corrected chi connectivity index (χ4v) is 3.54. The molecule has 120 valence electrons. The molecule has 2 fully saturated rings. The summed E-state index contributed by atoms with van der Waals surface area (Å²) in [7, 11) is 1.70. The fourth-order valence-electron chi connectivity index (χ4n) is 3.54. The first-order valence-electron chi connectivity index (χ1n) is 8.12. The normalized spacial score (nSPS) is 28.3. The number of pyridine rings is 1. The van der Waals surface area contributed by atoms with E-state index < -0.39 is 0 Å². The molecular weight excluding hydrogens is 278 g/mol. The molecule has 1 aromatic rings. The predicted molar refractivity (Wildman–Crippen MR) is 85.0 cm³/mol. The van der Waals surface area contributed by atoms with Crippen molar-refractivity contribution in [3.63, 3.8) is 0 Å². The number of amides is 1. The van der Waals surface area contributed by atoms with Crippen molar-refractivity contribution < 1.29 is 4.79 Å².